The summed E-state index contributed by atoms with van der Waals surface area (Å²) in [6.45, 7) is 2.38. The summed E-state index contributed by atoms with van der Waals surface area (Å²) in [7, 11) is 3.15. The highest BCUT2D eigenvalue weighted by atomic mass is 32.1. The lowest BCUT2D eigenvalue weighted by Crippen LogP contribution is -2.38. The lowest BCUT2D eigenvalue weighted by atomic mass is 9.95. The molecule has 0 radical (unpaired) electrons. The number of benzene rings is 1. The van der Waals surface area contributed by atoms with Crippen LogP contribution in [0, 0.1) is 6.92 Å². The minimum absolute atomic E-state index is 0.133. The SMILES string of the molecule is COc1ccc(OC)c2c1CN(C(=O)c1sc(-c3ccsc3)nc1C)CC2O. The summed E-state index contributed by atoms with van der Waals surface area (Å²) in [5.41, 5.74) is 3.18. The standard InChI is InChI=1S/C20H20N2O4S2/c1-11-18(28-19(21-11)12-6-7-27-10-12)20(24)22-8-13-15(25-2)4-5-16(26-3)17(13)14(23)9-22/h4-7,10,14,23H,8-9H2,1-3H3. The molecule has 3 heterocycles. The van der Waals surface area contributed by atoms with E-state index in [2.05, 4.69) is 4.98 Å². The maximum absolute atomic E-state index is 13.2. The van der Waals surface area contributed by atoms with Crippen molar-refractivity contribution in [3.63, 3.8) is 0 Å². The van der Waals surface area contributed by atoms with E-state index in [1.54, 1.807) is 42.6 Å². The van der Waals surface area contributed by atoms with E-state index in [0.717, 1.165) is 16.1 Å². The maximum Gasteiger partial charge on any atom is 0.266 e. The van der Waals surface area contributed by atoms with Crippen LogP contribution >= 0.6 is 22.7 Å². The van der Waals surface area contributed by atoms with Crippen molar-refractivity contribution in [1.29, 1.82) is 0 Å². The van der Waals surface area contributed by atoms with Crippen molar-refractivity contribution in [1.82, 2.24) is 9.88 Å². The number of ether oxygens (including phenoxy) is 2. The van der Waals surface area contributed by atoms with Gasteiger partial charge in [0.05, 0.1) is 33.0 Å². The number of rotatable bonds is 4. The fourth-order valence-corrected chi connectivity index (χ4v) is 5.22. The molecule has 1 unspecified atom stereocenters. The van der Waals surface area contributed by atoms with Gasteiger partial charge in [-0.15, -0.1) is 11.3 Å². The zero-order valence-electron chi connectivity index (χ0n) is 15.8. The number of aryl methyl sites for hydroxylation is 1. The number of thiophene rings is 1. The molecule has 0 aliphatic carbocycles. The Kier molecular flexibility index (Phi) is 5.09. The molecule has 1 aliphatic heterocycles. The molecule has 0 fully saturated rings. The molecule has 1 N–H and O–H groups in total. The van der Waals surface area contributed by atoms with Crippen LogP contribution in [0.3, 0.4) is 0 Å². The number of carbonyl (C=O) groups is 1. The molecule has 1 amide bonds. The van der Waals surface area contributed by atoms with E-state index < -0.39 is 6.10 Å². The number of β-amino-alcohol motifs (C(OH)–C–C–N with tert-alkyl or cyclic N) is 1. The molecule has 0 saturated heterocycles. The van der Waals surface area contributed by atoms with Crippen LogP contribution in [-0.2, 0) is 6.54 Å². The predicted molar refractivity (Wildman–Crippen MR) is 109 cm³/mol. The quantitative estimate of drug-likeness (QED) is 0.699. The van der Waals surface area contributed by atoms with Gasteiger partial charge in [-0.25, -0.2) is 4.98 Å². The van der Waals surface area contributed by atoms with E-state index in [4.69, 9.17) is 9.47 Å². The third kappa shape index (κ3) is 3.17. The molecule has 6 nitrogen and oxygen atoms in total. The second-order valence-corrected chi connectivity index (χ2v) is 8.29. The molecule has 4 rings (SSSR count). The number of aliphatic hydroxyl groups excluding tert-OH is 1. The number of nitrogens with zero attached hydrogens (tertiary/aromatic N) is 2. The Hall–Kier alpha value is -2.42. The maximum atomic E-state index is 13.2. The molecule has 1 aliphatic rings. The van der Waals surface area contributed by atoms with Gasteiger partial charge in [0.15, 0.2) is 0 Å². The number of carbonyl (C=O) groups excluding carboxylic acids is 1. The van der Waals surface area contributed by atoms with Gasteiger partial charge in [-0.3, -0.25) is 4.79 Å². The Morgan fingerprint density at radius 3 is 2.68 bits per heavy atom. The van der Waals surface area contributed by atoms with Gasteiger partial charge in [-0.05, 0) is 30.5 Å². The first-order chi connectivity index (χ1) is 13.5. The number of fused-ring (bicyclic) bond motifs is 1. The van der Waals surface area contributed by atoms with Gasteiger partial charge >= 0.3 is 0 Å². The van der Waals surface area contributed by atoms with Gasteiger partial charge in [0, 0.05) is 22.1 Å². The van der Waals surface area contributed by atoms with Crippen molar-refractivity contribution in [3.05, 3.63) is 50.7 Å². The zero-order chi connectivity index (χ0) is 19.8. The van der Waals surface area contributed by atoms with Gasteiger partial charge in [0.25, 0.3) is 5.91 Å². The van der Waals surface area contributed by atoms with Crippen molar-refractivity contribution in [3.8, 4) is 22.1 Å². The lowest BCUT2D eigenvalue weighted by Gasteiger charge is -2.33. The number of amides is 1. The van der Waals surface area contributed by atoms with Crippen LogP contribution < -0.4 is 9.47 Å². The molecule has 3 aromatic rings. The van der Waals surface area contributed by atoms with E-state index in [1.165, 1.54) is 11.3 Å². The van der Waals surface area contributed by atoms with Crippen LogP contribution in [0.5, 0.6) is 11.5 Å². The smallest absolute Gasteiger partial charge is 0.266 e. The first-order valence-electron chi connectivity index (χ1n) is 8.74. The first kappa shape index (κ1) is 18.9. The summed E-state index contributed by atoms with van der Waals surface area (Å²) >= 11 is 2.98. The van der Waals surface area contributed by atoms with Crippen molar-refractivity contribution in [2.24, 2.45) is 0 Å². The Labute approximate surface area is 171 Å². The van der Waals surface area contributed by atoms with Gasteiger partial charge in [-0.1, -0.05) is 0 Å². The Morgan fingerprint density at radius 2 is 2.00 bits per heavy atom. The van der Waals surface area contributed by atoms with Crippen molar-refractivity contribution in [2.75, 3.05) is 20.8 Å². The number of aromatic nitrogens is 1. The zero-order valence-corrected chi connectivity index (χ0v) is 17.4. The van der Waals surface area contributed by atoms with Crippen LogP contribution in [0.25, 0.3) is 10.6 Å². The highest BCUT2D eigenvalue weighted by Crippen LogP contribution is 2.40. The topological polar surface area (TPSA) is 71.9 Å². The molecular formula is C20H20N2O4S2. The molecular weight excluding hydrogens is 396 g/mol. The monoisotopic (exact) mass is 416 g/mol. The molecule has 0 spiro atoms. The minimum atomic E-state index is -0.845. The lowest BCUT2D eigenvalue weighted by molar-refractivity contribution is 0.0542. The number of thiazole rings is 1. The van der Waals surface area contributed by atoms with Crippen molar-refractivity contribution >= 4 is 28.6 Å². The fraction of sp³-hybridized carbons (Fsp3) is 0.300. The Bertz CT molecular complexity index is 1010. The van der Waals surface area contributed by atoms with Crippen LogP contribution in [0.2, 0.25) is 0 Å². The highest BCUT2D eigenvalue weighted by molar-refractivity contribution is 7.17. The molecule has 8 heteroatoms. The largest absolute Gasteiger partial charge is 0.496 e. The summed E-state index contributed by atoms with van der Waals surface area (Å²) in [6.07, 6.45) is -0.845. The molecule has 0 saturated carbocycles. The van der Waals surface area contributed by atoms with Gasteiger partial charge in [0.1, 0.15) is 27.5 Å². The molecule has 1 atom stereocenters. The normalized spacial score (nSPS) is 16.0. The molecule has 28 heavy (non-hydrogen) atoms. The molecule has 1 aromatic carbocycles. The summed E-state index contributed by atoms with van der Waals surface area (Å²) < 4.78 is 10.9. The summed E-state index contributed by atoms with van der Waals surface area (Å²) in [5.74, 6) is 1.10. The number of hydrogen-bond donors (Lipinski definition) is 1. The van der Waals surface area contributed by atoms with E-state index >= 15 is 0 Å². The van der Waals surface area contributed by atoms with Crippen LogP contribution in [-0.4, -0.2) is 41.7 Å². The van der Waals surface area contributed by atoms with Crippen LogP contribution in [0.1, 0.15) is 32.6 Å². The predicted octanol–water partition coefficient (Wildman–Crippen LogP) is 3.89. The average Bonchev–Trinajstić information content (AvgIpc) is 3.36. The summed E-state index contributed by atoms with van der Waals surface area (Å²) in [6, 6.07) is 5.57. The van der Waals surface area contributed by atoms with Crippen molar-refractivity contribution < 1.29 is 19.4 Å². The fourth-order valence-electron chi connectivity index (χ4n) is 3.48. The van der Waals surface area contributed by atoms with Crippen LogP contribution in [0.4, 0.5) is 0 Å². The second-order valence-electron chi connectivity index (χ2n) is 6.51. The third-order valence-electron chi connectivity index (χ3n) is 4.84. The highest BCUT2D eigenvalue weighted by Gasteiger charge is 2.33. The van der Waals surface area contributed by atoms with Crippen LogP contribution in [0.15, 0.2) is 29.0 Å². The van der Waals surface area contributed by atoms with Gasteiger partial charge in [0.2, 0.25) is 0 Å². The van der Waals surface area contributed by atoms with E-state index in [1.807, 2.05) is 23.8 Å². The average molecular weight is 417 g/mol. The second kappa shape index (κ2) is 7.54. The van der Waals surface area contributed by atoms with Crippen molar-refractivity contribution in [2.45, 2.75) is 19.6 Å². The third-order valence-corrected chi connectivity index (χ3v) is 6.71. The molecule has 2 aromatic heterocycles. The number of hydrogen-bond acceptors (Lipinski definition) is 7. The number of aliphatic hydroxyl groups is 1. The Balaban J connectivity index is 1.68. The summed E-state index contributed by atoms with van der Waals surface area (Å²) in [4.78, 5) is 20.0. The van der Waals surface area contributed by atoms with E-state index in [9.17, 15) is 9.90 Å². The molecule has 146 valence electrons. The minimum Gasteiger partial charge on any atom is -0.496 e. The Morgan fingerprint density at radius 1 is 1.25 bits per heavy atom. The molecule has 0 bridgehead atoms. The van der Waals surface area contributed by atoms with Gasteiger partial charge in [-0.2, -0.15) is 11.3 Å². The van der Waals surface area contributed by atoms with Gasteiger partial charge < -0.3 is 19.5 Å². The van der Waals surface area contributed by atoms with E-state index in [-0.39, 0.29) is 12.5 Å². The first-order valence-corrected chi connectivity index (χ1v) is 10.5. The number of methoxy groups -OCH3 is 2. The summed E-state index contributed by atoms with van der Waals surface area (Å²) in [5, 5.41) is 15.6. The van der Waals surface area contributed by atoms with E-state index in [0.29, 0.717) is 34.2 Å².